The Hall–Kier alpha value is -1.92. The summed E-state index contributed by atoms with van der Waals surface area (Å²) in [6, 6.07) is 4.90. The summed E-state index contributed by atoms with van der Waals surface area (Å²) < 4.78 is 6.16. The van der Waals surface area contributed by atoms with Gasteiger partial charge in [0.1, 0.15) is 6.54 Å². The zero-order valence-electron chi connectivity index (χ0n) is 11.6. The van der Waals surface area contributed by atoms with Gasteiger partial charge in [-0.2, -0.15) is 0 Å². The number of benzene rings is 1. The van der Waals surface area contributed by atoms with E-state index < -0.39 is 0 Å². The van der Waals surface area contributed by atoms with Crippen LogP contribution in [0.15, 0.2) is 29.3 Å². The predicted octanol–water partition coefficient (Wildman–Crippen LogP) is 1.20. The van der Waals surface area contributed by atoms with E-state index in [1.165, 1.54) is 10.9 Å². The first-order chi connectivity index (χ1) is 10.1. The molecule has 1 amide bonds. The molecule has 1 aromatic carbocycles. The molecule has 0 unspecified atom stereocenters. The number of ether oxygens (including phenoxy) is 1. The number of hydrogen-bond acceptors (Lipinski definition) is 4. The van der Waals surface area contributed by atoms with Crippen LogP contribution in [0.4, 0.5) is 0 Å². The maximum Gasteiger partial charge on any atom is 0.261 e. The van der Waals surface area contributed by atoms with E-state index in [0.717, 1.165) is 6.42 Å². The molecule has 1 heterocycles. The first-order valence-corrected chi connectivity index (χ1v) is 6.90. The molecule has 0 radical (unpaired) electrons. The number of nitrogens with zero attached hydrogens (tertiary/aromatic N) is 2. The van der Waals surface area contributed by atoms with Crippen molar-refractivity contribution < 1.29 is 9.53 Å². The molecule has 0 fully saturated rings. The molecule has 0 saturated heterocycles. The highest BCUT2D eigenvalue weighted by Crippen LogP contribution is 2.13. The third-order valence-electron chi connectivity index (χ3n) is 2.95. The largest absolute Gasteiger partial charge is 0.385 e. The number of amides is 1. The normalized spacial score (nSPS) is 10.8. The number of methoxy groups -OCH3 is 1. The Bertz CT molecular complexity index is 699. The van der Waals surface area contributed by atoms with Gasteiger partial charge in [-0.15, -0.1) is 0 Å². The highest BCUT2D eigenvalue weighted by Gasteiger charge is 2.08. The Labute approximate surface area is 126 Å². The summed E-state index contributed by atoms with van der Waals surface area (Å²) in [5, 5.41) is 3.58. The zero-order chi connectivity index (χ0) is 15.2. The summed E-state index contributed by atoms with van der Waals surface area (Å²) in [7, 11) is 1.60. The number of halogens is 1. The van der Waals surface area contributed by atoms with E-state index in [-0.39, 0.29) is 18.0 Å². The summed E-state index contributed by atoms with van der Waals surface area (Å²) in [5.74, 6) is -0.239. The molecule has 1 aromatic heterocycles. The fourth-order valence-electron chi connectivity index (χ4n) is 1.90. The van der Waals surface area contributed by atoms with Crippen molar-refractivity contribution in [2.45, 2.75) is 13.0 Å². The molecule has 1 N–H and O–H groups in total. The number of nitrogens with one attached hydrogen (secondary N) is 1. The van der Waals surface area contributed by atoms with Crippen LogP contribution in [0.1, 0.15) is 6.42 Å². The van der Waals surface area contributed by atoms with Gasteiger partial charge in [0.25, 0.3) is 5.56 Å². The first kappa shape index (κ1) is 15.5. The summed E-state index contributed by atoms with van der Waals surface area (Å²) in [6.07, 6.45) is 2.09. The topological polar surface area (TPSA) is 73.2 Å². The minimum absolute atomic E-state index is 0.0682. The average Bonchev–Trinajstić information content (AvgIpc) is 2.47. The van der Waals surface area contributed by atoms with E-state index in [9.17, 15) is 9.59 Å². The van der Waals surface area contributed by atoms with Gasteiger partial charge in [-0.1, -0.05) is 11.6 Å². The van der Waals surface area contributed by atoms with Crippen molar-refractivity contribution in [2.24, 2.45) is 0 Å². The van der Waals surface area contributed by atoms with Crippen LogP contribution in [-0.4, -0.2) is 35.7 Å². The van der Waals surface area contributed by atoms with Crippen molar-refractivity contribution in [3.63, 3.8) is 0 Å². The Balaban J connectivity index is 2.10. The minimum atomic E-state index is -0.283. The molecule has 0 aliphatic heterocycles. The minimum Gasteiger partial charge on any atom is -0.385 e. The smallest absolute Gasteiger partial charge is 0.261 e. The molecule has 2 aromatic rings. The molecule has 0 saturated carbocycles. The summed E-state index contributed by atoms with van der Waals surface area (Å²) in [4.78, 5) is 28.2. The van der Waals surface area contributed by atoms with Crippen LogP contribution in [0.25, 0.3) is 10.9 Å². The van der Waals surface area contributed by atoms with Crippen molar-refractivity contribution in [2.75, 3.05) is 20.3 Å². The molecule has 7 heteroatoms. The van der Waals surface area contributed by atoms with E-state index in [4.69, 9.17) is 16.3 Å². The molecule has 0 aliphatic carbocycles. The number of carbonyl (C=O) groups excluding carboxylic acids is 1. The molecule has 0 atom stereocenters. The van der Waals surface area contributed by atoms with Crippen LogP contribution in [0.3, 0.4) is 0 Å². The second-order valence-corrected chi connectivity index (χ2v) is 4.97. The highest BCUT2D eigenvalue weighted by molar-refractivity contribution is 6.31. The summed E-state index contributed by atoms with van der Waals surface area (Å²) in [6.45, 7) is 1.02. The van der Waals surface area contributed by atoms with E-state index in [1.807, 2.05) is 0 Å². The standard InChI is InChI=1S/C14H16ClN3O3/c1-21-6-2-5-16-13(19)8-18-9-17-12-4-3-10(15)7-11(12)14(18)20/h3-4,7,9H,2,5-6,8H2,1H3,(H,16,19). The van der Waals surface area contributed by atoms with E-state index in [0.29, 0.717) is 29.1 Å². The average molecular weight is 310 g/mol. The number of fused-ring (bicyclic) bond motifs is 1. The van der Waals surface area contributed by atoms with Gasteiger partial charge < -0.3 is 10.1 Å². The van der Waals surface area contributed by atoms with E-state index >= 15 is 0 Å². The fourth-order valence-corrected chi connectivity index (χ4v) is 2.07. The first-order valence-electron chi connectivity index (χ1n) is 6.52. The Morgan fingerprint density at radius 2 is 2.29 bits per heavy atom. The number of carbonyl (C=O) groups is 1. The van der Waals surface area contributed by atoms with Gasteiger partial charge in [0, 0.05) is 25.3 Å². The predicted molar refractivity (Wildman–Crippen MR) is 80.5 cm³/mol. The lowest BCUT2D eigenvalue weighted by atomic mass is 10.2. The van der Waals surface area contributed by atoms with Gasteiger partial charge >= 0.3 is 0 Å². The molecule has 21 heavy (non-hydrogen) atoms. The number of hydrogen-bond donors (Lipinski definition) is 1. The fraction of sp³-hybridized carbons (Fsp3) is 0.357. The van der Waals surface area contributed by atoms with Gasteiger partial charge in [-0.3, -0.25) is 14.2 Å². The second kappa shape index (κ2) is 7.19. The van der Waals surface area contributed by atoms with Crippen molar-refractivity contribution >= 4 is 28.4 Å². The van der Waals surface area contributed by atoms with Crippen LogP contribution in [0.5, 0.6) is 0 Å². The number of aromatic nitrogens is 2. The monoisotopic (exact) mass is 309 g/mol. The third kappa shape index (κ3) is 4.03. The van der Waals surface area contributed by atoms with Gasteiger partial charge in [-0.25, -0.2) is 4.98 Å². The Morgan fingerprint density at radius 1 is 1.48 bits per heavy atom. The van der Waals surface area contributed by atoms with Gasteiger partial charge in [0.2, 0.25) is 5.91 Å². The molecule has 6 nitrogen and oxygen atoms in total. The molecular formula is C14H16ClN3O3. The van der Waals surface area contributed by atoms with Crippen LogP contribution >= 0.6 is 11.6 Å². The van der Waals surface area contributed by atoms with Crippen molar-refractivity contribution in [3.05, 3.63) is 39.9 Å². The van der Waals surface area contributed by atoms with Gasteiger partial charge in [0.05, 0.1) is 17.2 Å². The van der Waals surface area contributed by atoms with Crippen LogP contribution in [-0.2, 0) is 16.1 Å². The summed E-state index contributed by atoms with van der Waals surface area (Å²) >= 11 is 5.88. The lowest BCUT2D eigenvalue weighted by molar-refractivity contribution is -0.121. The number of rotatable bonds is 6. The molecule has 2 rings (SSSR count). The molecule has 0 spiro atoms. The van der Waals surface area contributed by atoms with E-state index in [1.54, 1.807) is 25.3 Å². The Kier molecular flexibility index (Phi) is 5.30. The van der Waals surface area contributed by atoms with Crippen LogP contribution < -0.4 is 10.9 Å². The van der Waals surface area contributed by atoms with Crippen LogP contribution in [0.2, 0.25) is 5.02 Å². The molecule has 0 bridgehead atoms. The maximum atomic E-state index is 12.3. The van der Waals surface area contributed by atoms with Crippen molar-refractivity contribution in [1.29, 1.82) is 0 Å². The zero-order valence-corrected chi connectivity index (χ0v) is 12.4. The van der Waals surface area contributed by atoms with Crippen molar-refractivity contribution in [1.82, 2.24) is 14.9 Å². The van der Waals surface area contributed by atoms with Crippen LogP contribution in [0, 0.1) is 0 Å². The lowest BCUT2D eigenvalue weighted by Gasteiger charge is -2.08. The Morgan fingerprint density at radius 3 is 3.05 bits per heavy atom. The maximum absolute atomic E-state index is 12.3. The molecule has 112 valence electrons. The molecule has 0 aliphatic rings. The van der Waals surface area contributed by atoms with Crippen molar-refractivity contribution in [3.8, 4) is 0 Å². The third-order valence-corrected chi connectivity index (χ3v) is 3.18. The second-order valence-electron chi connectivity index (χ2n) is 4.54. The van der Waals surface area contributed by atoms with Gasteiger partial charge in [0.15, 0.2) is 0 Å². The quantitative estimate of drug-likeness (QED) is 0.814. The lowest BCUT2D eigenvalue weighted by Crippen LogP contribution is -2.33. The summed E-state index contributed by atoms with van der Waals surface area (Å²) in [5.41, 5.74) is 0.274. The highest BCUT2D eigenvalue weighted by atomic mass is 35.5. The van der Waals surface area contributed by atoms with E-state index in [2.05, 4.69) is 10.3 Å². The van der Waals surface area contributed by atoms with Gasteiger partial charge in [-0.05, 0) is 24.6 Å². The SMILES string of the molecule is COCCCNC(=O)Cn1cnc2ccc(Cl)cc2c1=O. The molecular weight excluding hydrogens is 294 g/mol.